The van der Waals surface area contributed by atoms with Gasteiger partial charge in [-0.25, -0.2) is 0 Å². The van der Waals surface area contributed by atoms with E-state index in [1.54, 1.807) is 0 Å². The van der Waals surface area contributed by atoms with Gasteiger partial charge in [-0.05, 0) is 17.9 Å². The van der Waals surface area contributed by atoms with E-state index in [9.17, 15) is 5.11 Å². The van der Waals surface area contributed by atoms with Crippen molar-refractivity contribution in [3.05, 3.63) is 35.9 Å². The maximum absolute atomic E-state index is 10.3. The van der Waals surface area contributed by atoms with Crippen molar-refractivity contribution < 1.29 is 5.11 Å². The third-order valence-corrected chi connectivity index (χ3v) is 4.24. The Bertz CT molecular complexity index is 363. The first-order valence-corrected chi connectivity index (χ1v) is 7.92. The number of aliphatic hydroxyl groups is 1. The molecule has 0 aromatic heterocycles. The summed E-state index contributed by atoms with van der Waals surface area (Å²) in [6.45, 7) is 3.10. The molecular weight excluding hydrogens is 248 g/mol. The Hall–Kier alpha value is -0.900. The largest absolute Gasteiger partial charge is 0.392 e. The molecule has 0 radical (unpaired) electrons. The molecule has 2 rings (SSSR count). The summed E-state index contributed by atoms with van der Waals surface area (Å²) >= 11 is 0. The summed E-state index contributed by atoms with van der Waals surface area (Å²) in [5.41, 5.74) is 6.99. The van der Waals surface area contributed by atoms with Crippen LogP contribution >= 0.6 is 0 Å². The molecule has 3 nitrogen and oxygen atoms in total. The second-order valence-corrected chi connectivity index (χ2v) is 6.05. The number of rotatable bonds is 8. The molecular formula is C17H28N2O. The summed E-state index contributed by atoms with van der Waals surface area (Å²) in [6, 6.07) is 10.4. The molecule has 3 N–H and O–H groups in total. The van der Waals surface area contributed by atoms with Gasteiger partial charge in [0.05, 0.1) is 6.10 Å². The SMILES string of the molecule is NCCN(Cc1ccccc1)CC(O)CC1CCCC1. The van der Waals surface area contributed by atoms with Crippen molar-refractivity contribution in [1.29, 1.82) is 0 Å². The van der Waals surface area contributed by atoms with Gasteiger partial charge in [-0.15, -0.1) is 0 Å². The topological polar surface area (TPSA) is 49.5 Å². The Balaban J connectivity index is 1.81. The molecule has 0 saturated heterocycles. The fourth-order valence-corrected chi connectivity index (χ4v) is 3.26. The molecule has 112 valence electrons. The van der Waals surface area contributed by atoms with Crippen LogP contribution in [0, 0.1) is 5.92 Å². The van der Waals surface area contributed by atoms with Crippen molar-refractivity contribution in [2.24, 2.45) is 11.7 Å². The van der Waals surface area contributed by atoms with Crippen molar-refractivity contribution in [2.45, 2.75) is 44.8 Å². The van der Waals surface area contributed by atoms with Crippen molar-refractivity contribution >= 4 is 0 Å². The number of nitrogens with two attached hydrogens (primary N) is 1. The molecule has 1 fully saturated rings. The summed E-state index contributed by atoms with van der Waals surface area (Å²) in [7, 11) is 0. The first-order valence-electron chi connectivity index (χ1n) is 7.92. The van der Waals surface area contributed by atoms with Crippen LogP contribution in [0.5, 0.6) is 0 Å². The van der Waals surface area contributed by atoms with E-state index in [0.717, 1.165) is 32.0 Å². The van der Waals surface area contributed by atoms with Gasteiger partial charge in [0.25, 0.3) is 0 Å². The van der Waals surface area contributed by atoms with Crippen LogP contribution in [0.3, 0.4) is 0 Å². The number of hydrogen-bond acceptors (Lipinski definition) is 3. The van der Waals surface area contributed by atoms with Crippen LogP contribution in [0.1, 0.15) is 37.7 Å². The molecule has 1 aliphatic carbocycles. The van der Waals surface area contributed by atoms with Gasteiger partial charge < -0.3 is 10.8 Å². The van der Waals surface area contributed by atoms with Crippen LogP contribution in [0.2, 0.25) is 0 Å². The normalized spacial score (nSPS) is 17.8. The summed E-state index contributed by atoms with van der Waals surface area (Å²) in [6.07, 6.45) is 6.02. The molecule has 1 saturated carbocycles. The monoisotopic (exact) mass is 276 g/mol. The van der Waals surface area contributed by atoms with Gasteiger partial charge in [0.1, 0.15) is 0 Å². The van der Waals surface area contributed by atoms with Crippen molar-refractivity contribution in [2.75, 3.05) is 19.6 Å². The quantitative estimate of drug-likeness (QED) is 0.766. The Morgan fingerprint density at radius 1 is 1.20 bits per heavy atom. The predicted octanol–water partition coefficient (Wildman–Crippen LogP) is 2.39. The highest BCUT2D eigenvalue weighted by atomic mass is 16.3. The highest BCUT2D eigenvalue weighted by molar-refractivity contribution is 5.14. The molecule has 20 heavy (non-hydrogen) atoms. The molecule has 1 unspecified atom stereocenters. The van der Waals surface area contributed by atoms with Gasteiger partial charge in [0, 0.05) is 26.2 Å². The molecule has 0 spiro atoms. The Labute approximate surface area is 122 Å². The fraction of sp³-hybridized carbons (Fsp3) is 0.647. The minimum absolute atomic E-state index is 0.214. The smallest absolute Gasteiger partial charge is 0.0669 e. The van der Waals surface area contributed by atoms with Crippen LogP contribution < -0.4 is 5.73 Å². The lowest BCUT2D eigenvalue weighted by Crippen LogP contribution is -2.36. The lowest BCUT2D eigenvalue weighted by atomic mass is 9.99. The molecule has 1 aromatic carbocycles. The summed E-state index contributed by atoms with van der Waals surface area (Å²) in [5, 5.41) is 10.3. The second-order valence-electron chi connectivity index (χ2n) is 6.05. The molecule has 0 aliphatic heterocycles. The van der Waals surface area contributed by atoms with E-state index >= 15 is 0 Å². The van der Waals surface area contributed by atoms with E-state index in [-0.39, 0.29) is 6.10 Å². The van der Waals surface area contributed by atoms with E-state index in [1.807, 2.05) is 6.07 Å². The van der Waals surface area contributed by atoms with Gasteiger partial charge in [0.2, 0.25) is 0 Å². The first kappa shape index (κ1) is 15.5. The zero-order chi connectivity index (χ0) is 14.2. The van der Waals surface area contributed by atoms with Crippen molar-refractivity contribution in [1.82, 2.24) is 4.90 Å². The van der Waals surface area contributed by atoms with Crippen molar-refractivity contribution in [3.63, 3.8) is 0 Å². The zero-order valence-electron chi connectivity index (χ0n) is 12.4. The number of aliphatic hydroxyl groups excluding tert-OH is 1. The molecule has 3 heteroatoms. The standard InChI is InChI=1S/C17H28N2O/c18-10-11-19(13-16-8-2-1-3-9-16)14-17(20)12-15-6-4-5-7-15/h1-3,8-9,15,17,20H,4-7,10-14,18H2. The molecule has 0 heterocycles. The lowest BCUT2D eigenvalue weighted by molar-refractivity contribution is 0.0892. The van der Waals surface area contributed by atoms with Crippen LogP contribution in [0.25, 0.3) is 0 Å². The average molecular weight is 276 g/mol. The summed E-state index contributed by atoms with van der Waals surface area (Å²) < 4.78 is 0. The maximum Gasteiger partial charge on any atom is 0.0669 e. The number of hydrogen-bond donors (Lipinski definition) is 2. The van der Waals surface area contributed by atoms with E-state index in [4.69, 9.17) is 5.73 Å². The third-order valence-electron chi connectivity index (χ3n) is 4.24. The van der Waals surface area contributed by atoms with Gasteiger partial charge in [-0.2, -0.15) is 0 Å². The first-order chi connectivity index (χ1) is 9.78. The fourth-order valence-electron chi connectivity index (χ4n) is 3.26. The van der Waals surface area contributed by atoms with Crippen LogP contribution in [0.4, 0.5) is 0 Å². The lowest BCUT2D eigenvalue weighted by Gasteiger charge is -2.26. The van der Waals surface area contributed by atoms with Gasteiger partial charge in [-0.3, -0.25) is 4.90 Å². The van der Waals surface area contributed by atoms with Gasteiger partial charge >= 0.3 is 0 Å². The maximum atomic E-state index is 10.3. The molecule has 1 aliphatic rings. The Morgan fingerprint density at radius 2 is 1.90 bits per heavy atom. The highest BCUT2D eigenvalue weighted by Gasteiger charge is 2.20. The Kier molecular flexibility index (Phi) is 6.51. The van der Waals surface area contributed by atoms with E-state index in [0.29, 0.717) is 6.54 Å². The van der Waals surface area contributed by atoms with Crippen LogP contribution in [-0.2, 0) is 6.54 Å². The van der Waals surface area contributed by atoms with Crippen molar-refractivity contribution in [3.8, 4) is 0 Å². The Morgan fingerprint density at radius 3 is 2.55 bits per heavy atom. The van der Waals surface area contributed by atoms with E-state index in [1.165, 1.54) is 31.2 Å². The highest BCUT2D eigenvalue weighted by Crippen LogP contribution is 2.28. The van der Waals surface area contributed by atoms with Gasteiger partial charge in [0.15, 0.2) is 0 Å². The number of benzene rings is 1. The molecule has 1 aromatic rings. The summed E-state index contributed by atoms with van der Waals surface area (Å²) in [4.78, 5) is 2.27. The minimum Gasteiger partial charge on any atom is -0.392 e. The van der Waals surface area contributed by atoms with Crippen LogP contribution in [-0.4, -0.2) is 35.7 Å². The number of nitrogens with zero attached hydrogens (tertiary/aromatic N) is 1. The second kappa shape index (κ2) is 8.40. The molecule has 0 bridgehead atoms. The van der Waals surface area contributed by atoms with E-state index in [2.05, 4.69) is 29.2 Å². The summed E-state index contributed by atoms with van der Waals surface area (Å²) in [5.74, 6) is 0.737. The zero-order valence-corrected chi connectivity index (χ0v) is 12.4. The van der Waals surface area contributed by atoms with Crippen LogP contribution in [0.15, 0.2) is 30.3 Å². The average Bonchev–Trinajstić information content (AvgIpc) is 2.93. The molecule has 0 amide bonds. The van der Waals surface area contributed by atoms with Gasteiger partial charge in [-0.1, -0.05) is 56.0 Å². The van der Waals surface area contributed by atoms with E-state index < -0.39 is 0 Å². The molecule has 1 atom stereocenters. The minimum atomic E-state index is -0.214. The third kappa shape index (κ3) is 5.23. The predicted molar refractivity (Wildman–Crippen MR) is 83.4 cm³/mol.